The molecule has 2 heterocycles. The number of hydrogen-bond acceptors (Lipinski definition) is 6. The third-order valence-corrected chi connectivity index (χ3v) is 4.72. The molecule has 0 saturated heterocycles. The minimum absolute atomic E-state index is 0.453. The molecule has 1 amide bonds. The van der Waals surface area contributed by atoms with E-state index in [0.717, 1.165) is 30.0 Å². The average Bonchev–Trinajstić information content (AvgIpc) is 3.09. The van der Waals surface area contributed by atoms with E-state index in [0.29, 0.717) is 29.1 Å². The lowest BCUT2D eigenvalue weighted by Gasteiger charge is -2.30. The molecule has 2 aromatic heterocycles. The molecule has 0 spiro atoms. The monoisotopic (exact) mass is 381 g/mol. The van der Waals surface area contributed by atoms with Crippen molar-refractivity contribution in [2.75, 3.05) is 18.4 Å². The maximum atomic E-state index is 11.2. The number of anilines is 1. The normalized spacial score (nSPS) is 11.7. The number of hydrogen-bond donors (Lipinski definition) is 3. The van der Waals surface area contributed by atoms with Crippen LogP contribution in [0.5, 0.6) is 0 Å². The van der Waals surface area contributed by atoms with E-state index in [2.05, 4.69) is 57.8 Å². The van der Waals surface area contributed by atoms with Crippen molar-refractivity contribution in [1.82, 2.24) is 24.8 Å². The number of carbonyl (C=O) groups is 1. The van der Waals surface area contributed by atoms with Gasteiger partial charge in [-0.15, -0.1) is 0 Å². The largest absolute Gasteiger partial charge is 0.367 e. The van der Waals surface area contributed by atoms with Gasteiger partial charge in [0.1, 0.15) is 17.7 Å². The zero-order chi connectivity index (χ0) is 20.3. The summed E-state index contributed by atoms with van der Waals surface area (Å²) in [6.07, 6.45) is 1.51. The van der Waals surface area contributed by atoms with Gasteiger partial charge in [-0.2, -0.15) is 0 Å². The number of rotatable bonds is 8. The summed E-state index contributed by atoms with van der Waals surface area (Å²) in [6.45, 7) is 10.5. The number of nitrogens with zero attached hydrogens (tertiary/aromatic N) is 4. The molecule has 3 rings (SSSR count). The van der Waals surface area contributed by atoms with Gasteiger partial charge in [0.2, 0.25) is 5.91 Å². The van der Waals surface area contributed by atoms with Gasteiger partial charge in [-0.3, -0.25) is 9.69 Å². The van der Waals surface area contributed by atoms with E-state index in [4.69, 9.17) is 5.73 Å². The topological polar surface area (TPSA) is 113 Å². The predicted molar refractivity (Wildman–Crippen MR) is 111 cm³/mol. The molecule has 0 unspecified atom stereocenters. The Morgan fingerprint density at radius 2 is 1.82 bits per heavy atom. The van der Waals surface area contributed by atoms with Gasteiger partial charge >= 0.3 is 0 Å². The lowest BCUT2D eigenvalue weighted by molar-refractivity contribution is 0.100. The van der Waals surface area contributed by atoms with E-state index in [9.17, 15) is 4.79 Å². The molecule has 4 N–H and O–H groups in total. The van der Waals surface area contributed by atoms with Crippen molar-refractivity contribution in [3.63, 3.8) is 0 Å². The Morgan fingerprint density at radius 3 is 2.43 bits per heavy atom. The molecule has 0 aliphatic rings. The van der Waals surface area contributed by atoms with Crippen molar-refractivity contribution in [3.8, 4) is 11.4 Å². The van der Waals surface area contributed by atoms with E-state index in [-0.39, 0.29) is 0 Å². The van der Waals surface area contributed by atoms with Crippen molar-refractivity contribution >= 4 is 22.9 Å². The molecule has 0 aliphatic heterocycles. The molecule has 0 saturated carbocycles. The Bertz CT molecular complexity index is 939. The third kappa shape index (κ3) is 4.28. The van der Waals surface area contributed by atoms with Crippen molar-refractivity contribution in [2.24, 2.45) is 5.73 Å². The number of aromatic nitrogens is 4. The van der Waals surface area contributed by atoms with Gasteiger partial charge in [0.05, 0.1) is 0 Å². The van der Waals surface area contributed by atoms with E-state index >= 15 is 0 Å². The number of nitrogens with one attached hydrogen (secondary N) is 2. The second-order valence-corrected chi connectivity index (χ2v) is 7.30. The Morgan fingerprint density at radius 1 is 1.14 bits per heavy atom. The fourth-order valence-electron chi connectivity index (χ4n) is 3.31. The quantitative estimate of drug-likeness (QED) is 0.553. The van der Waals surface area contributed by atoms with Crippen LogP contribution in [0.15, 0.2) is 30.6 Å². The SMILES string of the molecule is CC(C)N(CCNc1ncnc2nc(-c3ccc(C(N)=O)cc3)[nH]c12)C(C)C. The van der Waals surface area contributed by atoms with Gasteiger partial charge in [-0.05, 0) is 39.8 Å². The first-order valence-electron chi connectivity index (χ1n) is 9.47. The number of carbonyl (C=O) groups excluding carboxylic acids is 1. The zero-order valence-electron chi connectivity index (χ0n) is 16.7. The Balaban J connectivity index is 1.79. The standard InChI is InChI=1S/C20H27N7O/c1-12(2)27(13(3)4)10-9-22-19-16-20(24-11-23-19)26-18(25-16)15-7-5-14(6-8-15)17(21)28/h5-8,11-13H,9-10H2,1-4H3,(H2,21,28)(H2,22,23,24,25,26). The number of aromatic amines is 1. The van der Waals surface area contributed by atoms with Crippen molar-refractivity contribution in [1.29, 1.82) is 0 Å². The molecule has 0 bridgehead atoms. The molecule has 0 aliphatic carbocycles. The highest BCUT2D eigenvalue weighted by atomic mass is 16.1. The van der Waals surface area contributed by atoms with Crippen LogP contribution in [0.2, 0.25) is 0 Å². The first-order valence-corrected chi connectivity index (χ1v) is 9.47. The van der Waals surface area contributed by atoms with Gasteiger partial charge in [-0.1, -0.05) is 12.1 Å². The summed E-state index contributed by atoms with van der Waals surface area (Å²) >= 11 is 0. The molecule has 28 heavy (non-hydrogen) atoms. The molecule has 0 fully saturated rings. The van der Waals surface area contributed by atoms with Crippen molar-refractivity contribution in [2.45, 2.75) is 39.8 Å². The number of primary amides is 1. The first kappa shape index (κ1) is 19.8. The lowest BCUT2D eigenvalue weighted by atomic mass is 10.1. The van der Waals surface area contributed by atoms with Crippen LogP contribution >= 0.6 is 0 Å². The summed E-state index contributed by atoms with van der Waals surface area (Å²) in [7, 11) is 0. The average molecular weight is 381 g/mol. The summed E-state index contributed by atoms with van der Waals surface area (Å²) in [5, 5.41) is 3.39. The second-order valence-electron chi connectivity index (χ2n) is 7.30. The van der Waals surface area contributed by atoms with Crippen LogP contribution in [0.1, 0.15) is 38.1 Å². The van der Waals surface area contributed by atoms with E-state index in [1.807, 2.05) is 12.1 Å². The first-order chi connectivity index (χ1) is 13.4. The van der Waals surface area contributed by atoms with Gasteiger partial charge in [-0.25, -0.2) is 15.0 Å². The molecule has 0 radical (unpaired) electrons. The maximum Gasteiger partial charge on any atom is 0.248 e. The van der Waals surface area contributed by atoms with E-state index < -0.39 is 5.91 Å². The fraction of sp³-hybridized carbons (Fsp3) is 0.400. The van der Waals surface area contributed by atoms with Crippen LogP contribution in [-0.4, -0.2) is 55.9 Å². The Kier molecular flexibility index (Phi) is 5.89. The molecule has 0 atom stereocenters. The van der Waals surface area contributed by atoms with E-state index in [1.54, 1.807) is 12.1 Å². The van der Waals surface area contributed by atoms with Crippen LogP contribution in [-0.2, 0) is 0 Å². The second kappa shape index (κ2) is 8.35. The molecule has 1 aromatic carbocycles. The number of benzene rings is 1. The van der Waals surface area contributed by atoms with E-state index in [1.165, 1.54) is 6.33 Å². The predicted octanol–water partition coefficient (Wildman–Crippen LogP) is 2.65. The summed E-state index contributed by atoms with van der Waals surface area (Å²) in [4.78, 5) is 30.1. The molecule has 8 heteroatoms. The van der Waals surface area contributed by atoms with Crippen LogP contribution in [0.4, 0.5) is 5.82 Å². The number of amides is 1. The summed E-state index contributed by atoms with van der Waals surface area (Å²) in [5.41, 5.74) is 7.96. The molecule has 3 aromatic rings. The molecular formula is C20H27N7O. The fourth-order valence-corrected chi connectivity index (χ4v) is 3.31. The minimum Gasteiger partial charge on any atom is -0.367 e. The third-order valence-electron chi connectivity index (χ3n) is 4.72. The highest BCUT2D eigenvalue weighted by Gasteiger charge is 2.14. The molecule has 8 nitrogen and oxygen atoms in total. The van der Waals surface area contributed by atoms with Crippen molar-refractivity contribution < 1.29 is 4.79 Å². The number of fused-ring (bicyclic) bond motifs is 1. The highest BCUT2D eigenvalue weighted by Crippen LogP contribution is 2.23. The van der Waals surface area contributed by atoms with Crippen LogP contribution in [0.25, 0.3) is 22.6 Å². The number of H-pyrrole nitrogens is 1. The molecule has 148 valence electrons. The van der Waals surface area contributed by atoms with Crippen LogP contribution < -0.4 is 11.1 Å². The lowest BCUT2D eigenvalue weighted by Crippen LogP contribution is -2.40. The van der Waals surface area contributed by atoms with Crippen LogP contribution in [0.3, 0.4) is 0 Å². The van der Waals surface area contributed by atoms with Gasteiger partial charge < -0.3 is 16.0 Å². The summed E-state index contributed by atoms with van der Waals surface area (Å²) in [6, 6.07) is 7.94. The van der Waals surface area contributed by atoms with Gasteiger partial charge in [0, 0.05) is 36.3 Å². The van der Waals surface area contributed by atoms with Crippen LogP contribution in [0, 0.1) is 0 Å². The van der Waals surface area contributed by atoms with Crippen molar-refractivity contribution in [3.05, 3.63) is 36.2 Å². The summed E-state index contributed by atoms with van der Waals surface area (Å²) in [5.74, 6) is 0.941. The molecular weight excluding hydrogens is 354 g/mol. The highest BCUT2D eigenvalue weighted by molar-refractivity contribution is 5.93. The Hall–Kier alpha value is -3.00. The summed E-state index contributed by atoms with van der Waals surface area (Å²) < 4.78 is 0. The van der Waals surface area contributed by atoms with Gasteiger partial charge in [0.15, 0.2) is 11.5 Å². The minimum atomic E-state index is -0.453. The number of nitrogens with two attached hydrogens (primary N) is 1. The number of imidazole rings is 1. The Labute approximate surface area is 164 Å². The maximum absolute atomic E-state index is 11.2. The zero-order valence-corrected chi connectivity index (χ0v) is 16.7. The van der Waals surface area contributed by atoms with Gasteiger partial charge in [0.25, 0.3) is 0 Å². The smallest absolute Gasteiger partial charge is 0.248 e.